The van der Waals surface area contributed by atoms with E-state index in [4.69, 9.17) is 9.40 Å². The van der Waals surface area contributed by atoms with E-state index in [1.807, 2.05) is 12.1 Å². The molecule has 1 saturated carbocycles. The van der Waals surface area contributed by atoms with E-state index in [1.165, 1.54) is 22.2 Å². The zero-order valence-corrected chi connectivity index (χ0v) is 20.5. The van der Waals surface area contributed by atoms with Crippen molar-refractivity contribution < 1.29 is 9.21 Å². The second kappa shape index (κ2) is 8.37. The van der Waals surface area contributed by atoms with Crippen molar-refractivity contribution in [3.63, 3.8) is 0 Å². The Morgan fingerprint density at radius 1 is 0.944 bits per heavy atom. The zero-order valence-electron chi connectivity index (χ0n) is 20.5. The average Bonchev–Trinajstić information content (AvgIpc) is 3.30. The Bertz CT molecular complexity index is 1590. The van der Waals surface area contributed by atoms with Gasteiger partial charge in [0.05, 0.1) is 17.3 Å². The van der Waals surface area contributed by atoms with Crippen LogP contribution >= 0.6 is 0 Å². The van der Waals surface area contributed by atoms with Crippen LogP contribution in [0.15, 0.2) is 77.4 Å². The minimum absolute atomic E-state index is 0.295. The number of amides is 1. The lowest BCUT2D eigenvalue weighted by Crippen LogP contribution is -2.30. The lowest BCUT2D eigenvalue weighted by atomic mass is 10.0. The maximum atomic E-state index is 12.6. The summed E-state index contributed by atoms with van der Waals surface area (Å²) in [6, 6.07) is 23.5. The van der Waals surface area contributed by atoms with Gasteiger partial charge in [0, 0.05) is 36.5 Å². The van der Waals surface area contributed by atoms with Crippen LogP contribution in [0.3, 0.4) is 0 Å². The van der Waals surface area contributed by atoms with E-state index >= 15 is 0 Å². The van der Waals surface area contributed by atoms with Crippen LogP contribution in [-0.2, 0) is 11.3 Å². The van der Waals surface area contributed by atoms with Gasteiger partial charge in [-0.2, -0.15) is 0 Å². The van der Waals surface area contributed by atoms with Crippen LogP contribution in [0.1, 0.15) is 24.8 Å². The van der Waals surface area contributed by atoms with Crippen molar-refractivity contribution in [2.45, 2.75) is 32.7 Å². The van der Waals surface area contributed by atoms with Crippen LogP contribution < -0.4 is 0 Å². The molecule has 7 rings (SSSR count). The molecule has 0 bridgehead atoms. The molecule has 0 radical (unpaired) electrons. The number of nitrogens with zero attached hydrogens (tertiary/aromatic N) is 3. The maximum absolute atomic E-state index is 12.6. The number of benzene rings is 3. The molecule has 180 valence electrons. The minimum Gasteiger partial charge on any atom is -0.464 e. The van der Waals surface area contributed by atoms with Gasteiger partial charge in [-0.25, -0.2) is 4.98 Å². The Kier molecular flexibility index (Phi) is 4.98. The normalized spacial score (nSPS) is 17.9. The standard InChI is InChI=1S/C31H29N3O2/c1-20-2-10-27-28(16-20)34(19-21-12-14-33(18-21)31(35)24-7-8-24)30(32-27)23-5-3-22(4-6-23)25-9-11-29-26(17-25)13-15-36-29/h2-6,9-11,13,15-17,21,24H,7-8,12,14,18-19H2,1H3. The first-order valence-electron chi connectivity index (χ1n) is 13.0. The third kappa shape index (κ3) is 3.79. The van der Waals surface area contributed by atoms with Crippen LogP contribution in [0, 0.1) is 18.8 Å². The van der Waals surface area contributed by atoms with Gasteiger partial charge in [-0.3, -0.25) is 4.79 Å². The molecular weight excluding hydrogens is 446 g/mol. The van der Waals surface area contributed by atoms with Gasteiger partial charge in [0.2, 0.25) is 5.91 Å². The van der Waals surface area contributed by atoms with E-state index in [-0.39, 0.29) is 0 Å². The van der Waals surface area contributed by atoms with Crippen LogP contribution in [0.2, 0.25) is 0 Å². The number of likely N-dealkylation sites (tertiary alicyclic amines) is 1. The number of aromatic nitrogens is 2. The highest BCUT2D eigenvalue weighted by Crippen LogP contribution is 2.35. The van der Waals surface area contributed by atoms with Gasteiger partial charge in [0.1, 0.15) is 11.4 Å². The van der Waals surface area contributed by atoms with Gasteiger partial charge in [0.25, 0.3) is 0 Å². The molecule has 5 nitrogen and oxygen atoms in total. The third-order valence-electron chi connectivity index (χ3n) is 7.80. The Morgan fingerprint density at radius 2 is 1.75 bits per heavy atom. The highest BCUT2D eigenvalue weighted by atomic mass is 16.3. The number of hydrogen-bond acceptors (Lipinski definition) is 3. The predicted molar refractivity (Wildman–Crippen MR) is 143 cm³/mol. The van der Waals surface area contributed by atoms with E-state index in [2.05, 4.69) is 71.0 Å². The molecule has 36 heavy (non-hydrogen) atoms. The first-order valence-corrected chi connectivity index (χ1v) is 13.0. The zero-order chi connectivity index (χ0) is 24.2. The highest BCUT2D eigenvalue weighted by molar-refractivity contribution is 5.85. The summed E-state index contributed by atoms with van der Waals surface area (Å²) in [6.45, 7) is 4.75. The molecule has 5 heteroatoms. The van der Waals surface area contributed by atoms with Crippen molar-refractivity contribution in [2.24, 2.45) is 11.8 Å². The summed E-state index contributed by atoms with van der Waals surface area (Å²) in [5.74, 6) is 2.11. The molecule has 3 heterocycles. The summed E-state index contributed by atoms with van der Waals surface area (Å²) in [4.78, 5) is 19.8. The van der Waals surface area contributed by atoms with Crippen molar-refractivity contribution in [3.05, 3.63) is 78.6 Å². The van der Waals surface area contributed by atoms with Crippen molar-refractivity contribution in [1.82, 2.24) is 14.5 Å². The van der Waals surface area contributed by atoms with Crippen molar-refractivity contribution in [3.8, 4) is 22.5 Å². The largest absolute Gasteiger partial charge is 0.464 e. The monoisotopic (exact) mass is 475 g/mol. The lowest BCUT2D eigenvalue weighted by Gasteiger charge is -2.18. The summed E-state index contributed by atoms with van der Waals surface area (Å²) in [5.41, 5.74) is 7.79. The van der Waals surface area contributed by atoms with E-state index < -0.39 is 0 Å². The molecule has 2 fully saturated rings. The molecule has 3 aromatic carbocycles. The van der Waals surface area contributed by atoms with Gasteiger partial charge in [0.15, 0.2) is 0 Å². The van der Waals surface area contributed by atoms with E-state index in [9.17, 15) is 4.79 Å². The molecule has 2 aromatic heterocycles. The van der Waals surface area contributed by atoms with E-state index in [0.29, 0.717) is 17.7 Å². The molecule has 1 aliphatic heterocycles. The average molecular weight is 476 g/mol. The number of rotatable bonds is 5. The topological polar surface area (TPSA) is 51.3 Å². The first-order chi connectivity index (χ1) is 17.6. The Morgan fingerprint density at radius 3 is 2.58 bits per heavy atom. The summed E-state index contributed by atoms with van der Waals surface area (Å²) in [6.07, 6.45) is 4.93. The number of carbonyl (C=O) groups excluding carboxylic acids is 1. The quantitative estimate of drug-likeness (QED) is 0.285. The maximum Gasteiger partial charge on any atom is 0.225 e. The Balaban J connectivity index is 1.21. The second-order valence-corrected chi connectivity index (χ2v) is 10.5. The summed E-state index contributed by atoms with van der Waals surface area (Å²) in [7, 11) is 0. The van der Waals surface area contributed by atoms with Crippen LogP contribution in [0.25, 0.3) is 44.5 Å². The number of fused-ring (bicyclic) bond motifs is 2. The van der Waals surface area contributed by atoms with Gasteiger partial charge < -0.3 is 13.9 Å². The van der Waals surface area contributed by atoms with Crippen molar-refractivity contribution >= 4 is 27.9 Å². The molecule has 1 atom stereocenters. The van der Waals surface area contributed by atoms with Gasteiger partial charge in [-0.1, -0.05) is 36.4 Å². The van der Waals surface area contributed by atoms with E-state index in [0.717, 1.165) is 66.8 Å². The molecule has 0 N–H and O–H groups in total. The molecule has 0 spiro atoms. The Hall–Kier alpha value is -3.86. The Labute approximate surface area is 210 Å². The fraction of sp³-hybridized carbons (Fsp3) is 0.290. The molecule has 1 aliphatic carbocycles. The summed E-state index contributed by atoms with van der Waals surface area (Å²) < 4.78 is 7.87. The minimum atomic E-state index is 0.295. The number of furan rings is 1. The lowest BCUT2D eigenvalue weighted by molar-refractivity contribution is -0.131. The molecule has 1 saturated heterocycles. The first kappa shape index (κ1) is 21.4. The van der Waals surface area contributed by atoms with Gasteiger partial charge in [-0.05, 0) is 79.1 Å². The van der Waals surface area contributed by atoms with E-state index in [1.54, 1.807) is 6.26 Å². The summed E-state index contributed by atoms with van der Waals surface area (Å²) >= 11 is 0. The van der Waals surface area contributed by atoms with Crippen LogP contribution in [0.4, 0.5) is 0 Å². The molecular formula is C31H29N3O2. The summed E-state index contributed by atoms with van der Waals surface area (Å²) in [5, 5.41) is 1.11. The van der Waals surface area contributed by atoms with Crippen LogP contribution in [-0.4, -0.2) is 33.4 Å². The highest BCUT2D eigenvalue weighted by Gasteiger charge is 2.36. The molecule has 1 unspecified atom stereocenters. The molecule has 5 aromatic rings. The predicted octanol–water partition coefficient (Wildman–Crippen LogP) is 6.68. The smallest absolute Gasteiger partial charge is 0.225 e. The van der Waals surface area contributed by atoms with Crippen LogP contribution in [0.5, 0.6) is 0 Å². The fourth-order valence-corrected chi connectivity index (χ4v) is 5.62. The molecule has 1 amide bonds. The number of imidazole rings is 1. The molecule has 2 aliphatic rings. The van der Waals surface area contributed by atoms with Gasteiger partial charge in [-0.15, -0.1) is 0 Å². The number of carbonyl (C=O) groups is 1. The van der Waals surface area contributed by atoms with Gasteiger partial charge >= 0.3 is 0 Å². The second-order valence-electron chi connectivity index (χ2n) is 10.5. The fourth-order valence-electron chi connectivity index (χ4n) is 5.62. The number of aryl methyl sites for hydroxylation is 1. The SMILES string of the molecule is Cc1ccc2nc(-c3ccc(-c4ccc5occc5c4)cc3)n(CC3CCN(C(=O)C4CC4)C3)c2c1. The van der Waals surface area contributed by atoms with Crippen molar-refractivity contribution in [1.29, 1.82) is 0 Å². The third-order valence-corrected chi connectivity index (χ3v) is 7.80. The number of hydrogen-bond donors (Lipinski definition) is 0. The van der Waals surface area contributed by atoms with Crippen molar-refractivity contribution in [2.75, 3.05) is 13.1 Å².